The zero-order valence-corrected chi connectivity index (χ0v) is 19.9. The maximum Gasteiger partial charge on any atom is 0.339 e. The topological polar surface area (TPSA) is 57.6 Å². The minimum atomic E-state index is -1.17. The van der Waals surface area contributed by atoms with Crippen molar-refractivity contribution in [3.63, 3.8) is 0 Å². The van der Waals surface area contributed by atoms with Crippen LogP contribution in [0.5, 0.6) is 0 Å². The molecule has 4 nitrogen and oxygen atoms in total. The summed E-state index contributed by atoms with van der Waals surface area (Å²) < 4.78 is 0. The van der Waals surface area contributed by atoms with E-state index in [-0.39, 0.29) is 5.57 Å². The molecule has 32 heavy (non-hydrogen) atoms. The number of hydrogen-bond donors (Lipinski definition) is 1. The molecule has 1 N–H and O–H groups in total. The number of allylic oxidation sites excluding steroid dienone is 7. The fraction of sp³-hybridized carbons (Fsp3) is 0.571. The standard InChI is InChI=1S/C28H41NO3/c1-2-3-4-5-6-7-8-9-10-11-12-13-14-16-22-29-23-17-15-21-26(29)24-19-18-20-25(27(24)30)28(31)32/h15,17-21,23H,2-14,16,22H2,1H3,(H,31,32)/b26-24+. The second kappa shape index (κ2) is 15.4. The molecule has 1 aliphatic carbocycles. The van der Waals surface area contributed by atoms with Gasteiger partial charge in [0, 0.05) is 18.3 Å². The molecule has 0 fully saturated rings. The van der Waals surface area contributed by atoms with Gasteiger partial charge in [0.15, 0.2) is 0 Å². The van der Waals surface area contributed by atoms with E-state index in [1.54, 1.807) is 12.2 Å². The summed E-state index contributed by atoms with van der Waals surface area (Å²) in [5.41, 5.74) is 1.07. The molecule has 0 spiro atoms. The molecule has 4 heteroatoms. The first-order valence-electron chi connectivity index (χ1n) is 12.7. The molecule has 0 radical (unpaired) electrons. The zero-order valence-electron chi connectivity index (χ0n) is 19.9. The molecule has 2 aliphatic rings. The fourth-order valence-corrected chi connectivity index (χ4v) is 4.30. The van der Waals surface area contributed by atoms with E-state index in [1.165, 1.54) is 89.5 Å². The van der Waals surface area contributed by atoms with E-state index in [0.717, 1.165) is 18.7 Å². The van der Waals surface area contributed by atoms with Crippen molar-refractivity contribution in [2.75, 3.05) is 6.54 Å². The average Bonchev–Trinajstić information content (AvgIpc) is 2.79. The van der Waals surface area contributed by atoms with Gasteiger partial charge in [0.2, 0.25) is 5.78 Å². The smallest absolute Gasteiger partial charge is 0.339 e. The molecule has 0 bridgehead atoms. The summed E-state index contributed by atoms with van der Waals surface area (Å²) in [5.74, 6) is -1.59. The van der Waals surface area contributed by atoms with Gasteiger partial charge in [0.1, 0.15) is 5.57 Å². The zero-order chi connectivity index (χ0) is 23.0. The van der Waals surface area contributed by atoms with Crippen LogP contribution in [0.2, 0.25) is 0 Å². The van der Waals surface area contributed by atoms with Crippen LogP contribution >= 0.6 is 0 Å². The van der Waals surface area contributed by atoms with Gasteiger partial charge in [0.05, 0.1) is 5.70 Å². The Kier molecular flexibility index (Phi) is 12.5. The van der Waals surface area contributed by atoms with E-state index in [9.17, 15) is 14.7 Å². The highest BCUT2D eigenvalue weighted by molar-refractivity contribution is 6.25. The summed E-state index contributed by atoms with van der Waals surface area (Å²) in [5, 5.41) is 9.24. The molecule has 176 valence electrons. The molecular formula is C28H41NO3. The van der Waals surface area contributed by atoms with Gasteiger partial charge in [-0.15, -0.1) is 0 Å². The SMILES string of the molecule is CCCCCCCCCCCCCCCCN1C=CC=C/C1=C1/C=CC=C(C(=O)O)C1=O. The van der Waals surface area contributed by atoms with Crippen LogP contribution in [0.15, 0.2) is 59.5 Å². The number of carboxylic acid groups (broad SMARTS) is 1. The fourth-order valence-electron chi connectivity index (χ4n) is 4.30. The third-order valence-corrected chi connectivity index (χ3v) is 6.21. The molecule has 1 heterocycles. The van der Waals surface area contributed by atoms with Crippen LogP contribution < -0.4 is 0 Å². The summed E-state index contributed by atoms with van der Waals surface area (Å²) in [6.07, 6.45) is 31.1. The highest BCUT2D eigenvalue weighted by atomic mass is 16.4. The molecule has 0 unspecified atom stereocenters. The summed E-state index contributed by atoms with van der Waals surface area (Å²) in [4.78, 5) is 25.9. The Labute approximate surface area is 194 Å². The van der Waals surface area contributed by atoms with E-state index < -0.39 is 11.8 Å². The maximum atomic E-state index is 12.6. The highest BCUT2D eigenvalue weighted by Gasteiger charge is 2.25. The van der Waals surface area contributed by atoms with Crippen LogP contribution in [0.1, 0.15) is 96.8 Å². The quantitative estimate of drug-likeness (QED) is 0.156. The lowest BCUT2D eigenvalue weighted by Crippen LogP contribution is -2.24. The predicted molar refractivity (Wildman–Crippen MR) is 132 cm³/mol. The number of aliphatic carboxylic acids is 1. The van der Waals surface area contributed by atoms with Crippen molar-refractivity contribution < 1.29 is 14.7 Å². The summed E-state index contributed by atoms with van der Waals surface area (Å²) >= 11 is 0. The Hall–Kier alpha value is -2.36. The largest absolute Gasteiger partial charge is 0.478 e. The maximum absolute atomic E-state index is 12.6. The van der Waals surface area contributed by atoms with Crippen molar-refractivity contribution in [1.82, 2.24) is 4.90 Å². The van der Waals surface area contributed by atoms with Crippen LogP contribution in [0.3, 0.4) is 0 Å². The Morgan fingerprint density at radius 3 is 1.91 bits per heavy atom. The number of carbonyl (C=O) groups excluding carboxylic acids is 1. The lowest BCUT2D eigenvalue weighted by atomic mass is 9.95. The molecule has 0 atom stereocenters. The van der Waals surface area contributed by atoms with Gasteiger partial charge in [0.25, 0.3) is 0 Å². The van der Waals surface area contributed by atoms with Crippen molar-refractivity contribution in [2.45, 2.75) is 96.8 Å². The molecule has 0 aromatic heterocycles. The first-order chi connectivity index (χ1) is 15.6. The first kappa shape index (κ1) is 25.9. The van der Waals surface area contributed by atoms with Gasteiger partial charge in [-0.25, -0.2) is 4.79 Å². The van der Waals surface area contributed by atoms with Crippen molar-refractivity contribution in [3.8, 4) is 0 Å². The Morgan fingerprint density at radius 2 is 1.34 bits per heavy atom. The second-order valence-corrected chi connectivity index (χ2v) is 8.86. The summed E-state index contributed by atoms with van der Waals surface area (Å²) in [6, 6.07) is 0. The molecule has 0 aromatic carbocycles. The third-order valence-electron chi connectivity index (χ3n) is 6.21. The van der Waals surface area contributed by atoms with Crippen LogP contribution in [0.25, 0.3) is 0 Å². The van der Waals surface area contributed by atoms with Crippen molar-refractivity contribution in [1.29, 1.82) is 0 Å². The Balaban J connectivity index is 1.61. The monoisotopic (exact) mass is 439 g/mol. The van der Waals surface area contributed by atoms with Crippen LogP contribution in [-0.2, 0) is 9.59 Å². The van der Waals surface area contributed by atoms with Gasteiger partial charge < -0.3 is 10.0 Å². The average molecular weight is 440 g/mol. The Bertz CT molecular complexity index is 755. The van der Waals surface area contributed by atoms with E-state index in [1.807, 2.05) is 24.4 Å². The van der Waals surface area contributed by atoms with Crippen molar-refractivity contribution >= 4 is 11.8 Å². The van der Waals surface area contributed by atoms with Crippen molar-refractivity contribution in [2.24, 2.45) is 0 Å². The van der Waals surface area contributed by atoms with Gasteiger partial charge >= 0.3 is 5.97 Å². The van der Waals surface area contributed by atoms with Gasteiger partial charge in [-0.3, -0.25) is 4.79 Å². The van der Waals surface area contributed by atoms with Crippen LogP contribution in [0.4, 0.5) is 0 Å². The predicted octanol–water partition coefficient (Wildman–Crippen LogP) is 7.26. The molecule has 0 aromatic rings. The minimum absolute atomic E-state index is 0.172. The second-order valence-electron chi connectivity index (χ2n) is 8.86. The molecule has 1 aliphatic heterocycles. The minimum Gasteiger partial charge on any atom is -0.478 e. The van der Waals surface area contributed by atoms with E-state index >= 15 is 0 Å². The molecule has 2 rings (SSSR count). The number of unbranched alkanes of at least 4 members (excludes halogenated alkanes) is 13. The summed E-state index contributed by atoms with van der Waals surface area (Å²) in [7, 11) is 0. The first-order valence-corrected chi connectivity index (χ1v) is 12.7. The number of nitrogens with zero attached hydrogens (tertiary/aromatic N) is 1. The number of ketones is 1. The normalized spacial score (nSPS) is 17.8. The van der Waals surface area contributed by atoms with E-state index in [0.29, 0.717) is 5.57 Å². The number of hydrogen-bond acceptors (Lipinski definition) is 3. The highest BCUT2D eigenvalue weighted by Crippen LogP contribution is 2.24. The van der Waals surface area contributed by atoms with Crippen molar-refractivity contribution in [3.05, 3.63) is 59.5 Å². The van der Waals surface area contributed by atoms with Gasteiger partial charge in [-0.1, -0.05) is 103 Å². The molecule has 0 saturated carbocycles. The third kappa shape index (κ3) is 9.02. The van der Waals surface area contributed by atoms with Crippen LogP contribution in [0, 0.1) is 0 Å². The lowest BCUT2D eigenvalue weighted by molar-refractivity contribution is -0.134. The van der Waals surface area contributed by atoms with E-state index in [4.69, 9.17) is 0 Å². The summed E-state index contributed by atoms with van der Waals surface area (Å²) in [6.45, 7) is 3.11. The van der Waals surface area contributed by atoms with Gasteiger partial charge in [-0.05, 0) is 30.7 Å². The lowest BCUT2D eigenvalue weighted by Gasteiger charge is -2.26. The molecule has 0 amide bonds. The van der Waals surface area contributed by atoms with Crippen LogP contribution in [-0.4, -0.2) is 28.3 Å². The Morgan fingerprint density at radius 1 is 0.781 bits per heavy atom. The number of carbonyl (C=O) groups is 2. The number of Topliss-reactive ketones (excluding diaryl/α,β-unsaturated/α-hetero) is 1. The molecule has 0 saturated heterocycles. The van der Waals surface area contributed by atoms with Gasteiger partial charge in [-0.2, -0.15) is 0 Å². The number of rotatable bonds is 16. The van der Waals surface area contributed by atoms with E-state index in [2.05, 4.69) is 11.8 Å². The number of carboxylic acids is 1. The molecular weight excluding hydrogens is 398 g/mol.